The Balaban J connectivity index is 1.69. The van der Waals surface area contributed by atoms with Gasteiger partial charge in [0.15, 0.2) is 0 Å². The van der Waals surface area contributed by atoms with Crippen LogP contribution in [0.2, 0.25) is 0 Å². The predicted molar refractivity (Wildman–Crippen MR) is 135 cm³/mol. The van der Waals surface area contributed by atoms with Gasteiger partial charge in [0.05, 0.1) is 18.3 Å². The molecule has 0 saturated carbocycles. The number of likely N-dealkylation sites (N-methyl/N-ethyl adjacent to an activating group) is 1. The fourth-order valence-corrected chi connectivity index (χ4v) is 5.27. The lowest BCUT2D eigenvalue weighted by molar-refractivity contribution is -0.137. The van der Waals surface area contributed by atoms with Crippen molar-refractivity contribution in [1.82, 2.24) is 20.9 Å². The van der Waals surface area contributed by atoms with E-state index in [2.05, 4.69) is 16.0 Å². The van der Waals surface area contributed by atoms with E-state index in [1.807, 2.05) is 7.05 Å². The molecule has 4 N–H and O–H groups in total. The van der Waals surface area contributed by atoms with Crippen LogP contribution in [0, 0.1) is 11.8 Å². The highest BCUT2D eigenvalue weighted by Gasteiger charge is 2.35. The first-order valence-corrected chi connectivity index (χ1v) is 13.2. The van der Waals surface area contributed by atoms with Crippen LogP contribution in [0.15, 0.2) is 24.3 Å². The van der Waals surface area contributed by atoms with Gasteiger partial charge in [-0.15, -0.1) is 0 Å². The summed E-state index contributed by atoms with van der Waals surface area (Å²) in [5.74, 6) is 0.232. The van der Waals surface area contributed by atoms with Gasteiger partial charge in [0.2, 0.25) is 0 Å². The summed E-state index contributed by atoms with van der Waals surface area (Å²) in [5.41, 5.74) is -0.421. The second-order valence-corrected chi connectivity index (χ2v) is 9.99. The second-order valence-electron chi connectivity index (χ2n) is 9.99. The maximum absolute atomic E-state index is 13.4. The van der Waals surface area contributed by atoms with Gasteiger partial charge >= 0.3 is 18.3 Å². The summed E-state index contributed by atoms with van der Waals surface area (Å²) in [6, 6.07) is 4.76. The average molecular weight is 545 g/mol. The molecule has 0 radical (unpaired) electrons. The van der Waals surface area contributed by atoms with Crippen LogP contribution in [0.25, 0.3) is 0 Å². The quantitative estimate of drug-likeness (QED) is 0.315. The molecule has 2 aliphatic rings. The number of piperidine rings is 1. The molecule has 1 aromatic carbocycles. The number of carboxylic acid groups (broad SMARTS) is 1. The zero-order valence-corrected chi connectivity index (χ0v) is 21.8. The molecule has 3 atom stereocenters. The normalized spacial score (nSPS) is 20.5. The third-order valence-electron chi connectivity index (χ3n) is 7.13. The number of likely N-dealkylation sites (tertiary alicyclic amines) is 1. The number of nitrogens with zero attached hydrogens (tertiary/aromatic N) is 1. The molecule has 12 heteroatoms. The Morgan fingerprint density at radius 2 is 2.00 bits per heavy atom. The molecule has 0 aliphatic carbocycles. The zero-order valence-electron chi connectivity index (χ0n) is 21.8. The summed E-state index contributed by atoms with van der Waals surface area (Å²) in [4.78, 5) is 25.8. The number of urea groups is 1. The predicted octanol–water partition coefficient (Wildman–Crippen LogP) is 3.86. The van der Waals surface area contributed by atoms with E-state index in [0.717, 1.165) is 44.6 Å². The van der Waals surface area contributed by atoms with E-state index >= 15 is 0 Å². The van der Waals surface area contributed by atoms with Crippen LogP contribution < -0.4 is 16.0 Å². The molecule has 3 amide bonds. The fourth-order valence-electron chi connectivity index (χ4n) is 5.27. The van der Waals surface area contributed by atoms with Gasteiger partial charge in [-0.1, -0.05) is 12.1 Å². The van der Waals surface area contributed by atoms with Gasteiger partial charge in [0.25, 0.3) is 0 Å². The van der Waals surface area contributed by atoms with E-state index in [4.69, 9.17) is 14.6 Å². The van der Waals surface area contributed by atoms with Crippen molar-refractivity contribution in [3.63, 3.8) is 0 Å². The Morgan fingerprint density at radius 3 is 2.68 bits per heavy atom. The van der Waals surface area contributed by atoms with Crippen molar-refractivity contribution >= 4 is 12.1 Å². The number of carbonyl (C=O) groups is 2. The fraction of sp³-hybridized carbons (Fsp3) is 0.692. The van der Waals surface area contributed by atoms with E-state index in [1.165, 1.54) is 6.07 Å². The monoisotopic (exact) mass is 544 g/mol. The number of nitrogens with one attached hydrogen (secondary N) is 3. The number of ether oxygens (including phenoxy) is 2. The smallest absolute Gasteiger partial charge is 0.416 e. The van der Waals surface area contributed by atoms with Crippen molar-refractivity contribution in [2.24, 2.45) is 11.8 Å². The third kappa shape index (κ3) is 9.32. The van der Waals surface area contributed by atoms with Crippen molar-refractivity contribution in [1.29, 1.82) is 0 Å². The first-order valence-electron chi connectivity index (χ1n) is 13.2. The van der Waals surface area contributed by atoms with Gasteiger partial charge in [-0.25, -0.2) is 9.59 Å². The Kier molecular flexibility index (Phi) is 11.5. The number of rotatable bonds is 11. The molecule has 214 valence electrons. The molecule has 38 heavy (non-hydrogen) atoms. The number of benzene rings is 1. The lowest BCUT2D eigenvalue weighted by atomic mass is 9.87. The lowest BCUT2D eigenvalue weighted by Crippen LogP contribution is -2.52. The van der Waals surface area contributed by atoms with E-state index in [9.17, 15) is 22.8 Å². The summed E-state index contributed by atoms with van der Waals surface area (Å²) in [6.07, 6.45) is -2.31. The van der Waals surface area contributed by atoms with Crippen LogP contribution >= 0.6 is 0 Å². The molecule has 9 nitrogen and oxygen atoms in total. The maximum Gasteiger partial charge on any atom is 0.416 e. The number of halogens is 3. The molecular weight excluding hydrogens is 505 g/mol. The van der Waals surface area contributed by atoms with Crippen LogP contribution in [-0.4, -0.2) is 81.2 Å². The van der Waals surface area contributed by atoms with E-state index in [-0.39, 0.29) is 31.1 Å². The first kappa shape index (κ1) is 30.0. The Hall–Kier alpha value is -2.57. The highest BCUT2D eigenvalue weighted by Crippen LogP contribution is 2.36. The van der Waals surface area contributed by atoms with Crippen molar-refractivity contribution in [3.05, 3.63) is 35.4 Å². The summed E-state index contributed by atoms with van der Waals surface area (Å²) in [5, 5.41) is 17.3. The Morgan fingerprint density at radius 1 is 1.24 bits per heavy atom. The topological polar surface area (TPSA) is 112 Å². The highest BCUT2D eigenvalue weighted by molar-refractivity contribution is 5.74. The summed E-state index contributed by atoms with van der Waals surface area (Å²) < 4.78 is 51.6. The number of hydrogen-bond donors (Lipinski definition) is 4. The molecule has 0 spiro atoms. The Bertz CT molecular complexity index is 898. The number of alkyl halides is 3. The van der Waals surface area contributed by atoms with Crippen LogP contribution in [0.3, 0.4) is 0 Å². The van der Waals surface area contributed by atoms with Crippen LogP contribution in [0.1, 0.15) is 49.3 Å². The molecule has 0 unspecified atom stereocenters. The van der Waals surface area contributed by atoms with Gasteiger partial charge in [-0.3, -0.25) is 0 Å². The SMILES string of the molecule is CNC[C@H](CC1CCOCC1)NC(=O)N1CCC[C@@H]([C@@H](OCCNC(=O)O)c2cccc(C(F)(F)F)c2)C1. The Labute approximate surface area is 221 Å². The van der Waals surface area contributed by atoms with Crippen molar-refractivity contribution in [3.8, 4) is 0 Å². The highest BCUT2D eigenvalue weighted by atomic mass is 19.4. The van der Waals surface area contributed by atoms with Gasteiger partial charge in [0.1, 0.15) is 0 Å². The minimum Gasteiger partial charge on any atom is -0.465 e. The van der Waals surface area contributed by atoms with E-state index in [0.29, 0.717) is 44.0 Å². The third-order valence-corrected chi connectivity index (χ3v) is 7.13. The van der Waals surface area contributed by atoms with E-state index < -0.39 is 23.9 Å². The van der Waals surface area contributed by atoms with Gasteiger partial charge in [0, 0.05) is 51.4 Å². The average Bonchev–Trinajstić information content (AvgIpc) is 2.89. The molecule has 1 aromatic rings. The lowest BCUT2D eigenvalue weighted by Gasteiger charge is -2.38. The van der Waals surface area contributed by atoms with Crippen LogP contribution in [-0.2, 0) is 15.7 Å². The van der Waals surface area contributed by atoms with Gasteiger partial charge < -0.3 is 35.4 Å². The minimum atomic E-state index is -4.50. The minimum absolute atomic E-state index is 0.000377. The molecule has 0 bridgehead atoms. The number of amides is 3. The van der Waals surface area contributed by atoms with Crippen LogP contribution in [0.5, 0.6) is 0 Å². The van der Waals surface area contributed by atoms with Crippen molar-refractivity contribution in [2.75, 3.05) is 53.0 Å². The molecule has 2 heterocycles. The van der Waals surface area contributed by atoms with Gasteiger partial charge in [-0.05, 0) is 62.8 Å². The first-order chi connectivity index (χ1) is 18.2. The summed E-state index contributed by atoms with van der Waals surface area (Å²) in [7, 11) is 1.84. The molecule has 2 saturated heterocycles. The standard InChI is InChI=1S/C26H39F3N4O5/c1-30-16-22(14-18-7-11-37-12-8-18)32-24(34)33-10-3-5-20(17-33)23(38-13-9-31-25(35)36)19-4-2-6-21(15-19)26(27,28)29/h2,4,6,15,18,20,22-23,30-31H,3,5,7-14,16-17H2,1H3,(H,32,34)(H,35,36)/t20-,22+,23+/m1/s1. The van der Waals surface area contributed by atoms with Crippen molar-refractivity contribution < 1.29 is 37.3 Å². The van der Waals surface area contributed by atoms with Crippen molar-refractivity contribution in [2.45, 2.75) is 50.4 Å². The van der Waals surface area contributed by atoms with Crippen LogP contribution in [0.4, 0.5) is 22.8 Å². The largest absolute Gasteiger partial charge is 0.465 e. The summed E-state index contributed by atoms with van der Waals surface area (Å²) >= 11 is 0. The maximum atomic E-state index is 13.4. The zero-order chi connectivity index (χ0) is 27.5. The molecule has 2 fully saturated rings. The molecular formula is C26H39F3N4O5. The molecule has 3 rings (SSSR count). The second kappa shape index (κ2) is 14.5. The number of hydrogen-bond acceptors (Lipinski definition) is 5. The number of carbonyl (C=O) groups excluding carboxylic acids is 1. The molecule has 2 aliphatic heterocycles. The molecule has 0 aromatic heterocycles. The summed E-state index contributed by atoms with van der Waals surface area (Å²) in [6.45, 7) is 2.96. The van der Waals surface area contributed by atoms with Gasteiger partial charge in [-0.2, -0.15) is 13.2 Å². The van der Waals surface area contributed by atoms with E-state index in [1.54, 1.807) is 11.0 Å².